The summed E-state index contributed by atoms with van der Waals surface area (Å²) in [6, 6.07) is 9.38. The van der Waals surface area contributed by atoms with Gasteiger partial charge in [0.25, 0.3) is 5.91 Å². The molecule has 0 spiro atoms. The van der Waals surface area contributed by atoms with Crippen molar-refractivity contribution in [3.8, 4) is 0 Å². The minimum absolute atomic E-state index is 0.0206. The van der Waals surface area contributed by atoms with E-state index in [4.69, 9.17) is 16.3 Å². The first-order valence-corrected chi connectivity index (χ1v) is 9.35. The van der Waals surface area contributed by atoms with Gasteiger partial charge in [-0.1, -0.05) is 23.7 Å². The Morgan fingerprint density at radius 3 is 2.61 bits per heavy atom. The van der Waals surface area contributed by atoms with Crippen molar-refractivity contribution in [2.24, 2.45) is 0 Å². The monoisotopic (exact) mass is 403 g/mol. The van der Waals surface area contributed by atoms with E-state index in [1.54, 1.807) is 6.07 Å². The molecule has 0 fully saturated rings. The Kier molecular flexibility index (Phi) is 6.41. The van der Waals surface area contributed by atoms with Gasteiger partial charge in [-0.3, -0.25) is 14.4 Å². The van der Waals surface area contributed by atoms with Crippen LogP contribution in [-0.2, 0) is 27.2 Å². The third-order valence-corrected chi connectivity index (χ3v) is 4.83. The van der Waals surface area contributed by atoms with E-state index in [0.29, 0.717) is 11.3 Å². The number of rotatable bonds is 7. The number of fused-ring (bicyclic) bond motifs is 1. The van der Waals surface area contributed by atoms with Crippen molar-refractivity contribution < 1.29 is 23.5 Å². The number of hydrogen-bond acceptors (Lipinski definition) is 4. The zero-order chi connectivity index (χ0) is 20.1. The van der Waals surface area contributed by atoms with E-state index in [9.17, 15) is 18.8 Å². The minimum atomic E-state index is -0.637. The van der Waals surface area contributed by atoms with E-state index in [1.807, 2.05) is 12.1 Å². The second kappa shape index (κ2) is 8.97. The smallest absolute Gasteiger partial charge is 0.306 e. The van der Waals surface area contributed by atoms with Crippen molar-refractivity contribution in [1.29, 1.82) is 0 Å². The van der Waals surface area contributed by atoms with E-state index in [1.165, 1.54) is 23.3 Å². The molecule has 1 amide bonds. The molecule has 0 unspecified atom stereocenters. The second-order valence-corrected chi connectivity index (χ2v) is 7.01. The van der Waals surface area contributed by atoms with Gasteiger partial charge in [-0.15, -0.1) is 0 Å². The number of esters is 1. The highest BCUT2D eigenvalue weighted by molar-refractivity contribution is 6.31. The number of carbonyl (C=O) groups is 3. The molecule has 1 aliphatic rings. The fourth-order valence-electron chi connectivity index (χ4n) is 3.09. The number of carbonyl (C=O) groups excluding carboxylic acids is 3. The van der Waals surface area contributed by atoms with Crippen LogP contribution in [0, 0.1) is 5.82 Å². The van der Waals surface area contributed by atoms with Gasteiger partial charge in [-0.2, -0.15) is 0 Å². The minimum Gasteiger partial charge on any atom is -0.456 e. The summed E-state index contributed by atoms with van der Waals surface area (Å²) in [6.07, 6.45) is 3.04. The zero-order valence-electron chi connectivity index (χ0n) is 15.1. The predicted molar refractivity (Wildman–Crippen MR) is 103 cm³/mol. The van der Waals surface area contributed by atoms with Crippen molar-refractivity contribution in [3.63, 3.8) is 0 Å². The van der Waals surface area contributed by atoms with Crippen molar-refractivity contribution in [2.75, 3.05) is 11.9 Å². The van der Waals surface area contributed by atoms with Crippen LogP contribution in [0.5, 0.6) is 0 Å². The highest BCUT2D eigenvalue weighted by Crippen LogP contribution is 2.23. The third kappa shape index (κ3) is 5.16. The maximum Gasteiger partial charge on any atom is 0.306 e. The van der Waals surface area contributed by atoms with E-state index in [2.05, 4.69) is 5.32 Å². The first-order valence-electron chi connectivity index (χ1n) is 8.98. The molecule has 2 aromatic rings. The highest BCUT2D eigenvalue weighted by Gasteiger charge is 2.16. The van der Waals surface area contributed by atoms with Crippen LogP contribution in [0.25, 0.3) is 0 Å². The van der Waals surface area contributed by atoms with Gasteiger partial charge in [0.1, 0.15) is 5.82 Å². The molecule has 146 valence electrons. The number of anilines is 1. The van der Waals surface area contributed by atoms with Crippen LogP contribution < -0.4 is 5.32 Å². The van der Waals surface area contributed by atoms with Crippen LogP contribution >= 0.6 is 11.6 Å². The average molecular weight is 404 g/mol. The fourth-order valence-corrected chi connectivity index (χ4v) is 3.27. The average Bonchev–Trinajstić information content (AvgIpc) is 3.15. The van der Waals surface area contributed by atoms with Gasteiger partial charge < -0.3 is 10.1 Å². The molecular weight excluding hydrogens is 385 g/mol. The van der Waals surface area contributed by atoms with Crippen LogP contribution in [0.3, 0.4) is 0 Å². The van der Waals surface area contributed by atoms with E-state index in [-0.39, 0.29) is 23.6 Å². The second-order valence-electron chi connectivity index (χ2n) is 6.60. The molecule has 28 heavy (non-hydrogen) atoms. The number of nitrogens with one attached hydrogen (secondary N) is 1. The maximum absolute atomic E-state index is 13.1. The van der Waals surface area contributed by atoms with Gasteiger partial charge in [0.05, 0.1) is 11.4 Å². The lowest BCUT2D eigenvalue weighted by Crippen LogP contribution is -2.21. The summed E-state index contributed by atoms with van der Waals surface area (Å²) in [7, 11) is 0. The van der Waals surface area contributed by atoms with E-state index >= 15 is 0 Å². The molecule has 0 saturated carbocycles. The summed E-state index contributed by atoms with van der Waals surface area (Å²) in [5.74, 6) is -1.95. The SMILES string of the molecule is O=C(COC(=O)CCC(=O)c1ccc2c(c1)CCC2)Nc1ccc(F)c(Cl)c1. The molecule has 0 bridgehead atoms. The number of Topliss-reactive ketones (excluding diaryl/α,β-unsaturated/α-hetero) is 1. The predicted octanol–water partition coefficient (Wildman–Crippen LogP) is 4.11. The number of ether oxygens (including phenoxy) is 1. The molecule has 0 atom stereocenters. The molecule has 0 aliphatic heterocycles. The van der Waals surface area contributed by atoms with Gasteiger partial charge in [0.2, 0.25) is 0 Å². The molecule has 1 aliphatic carbocycles. The zero-order valence-corrected chi connectivity index (χ0v) is 15.9. The van der Waals surface area contributed by atoms with Crippen LogP contribution in [0.15, 0.2) is 36.4 Å². The molecule has 0 aromatic heterocycles. The van der Waals surface area contributed by atoms with Crippen LogP contribution in [0.2, 0.25) is 5.02 Å². The van der Waals surface area contributed by atoms with Gasteiger partial charge in [0, 0.05) is 17.7 Å². The van der Waals surface area contributed by atoms with Crippen molar-refractivity contribution >= 4 is 34.9 Å². The number of halogens is 2. The molecular formula is C21H19ClFNO4. The highest BCUT2D eigenvalue weighted by atomic mass is 35.5. The molecule has 7 heteroatoms. The lowest BCUT2D eigenvalue weighted by atomic mass is 10.0. The van der Waals surface area contributed by atoms with E-state index < -0.39 is 24.3 Å². The van der Waals surface area contributed by atoms with Crippen molar-refractivity contribution in [3.05, 3.63) is 63.9 Å². The first kappa shape index (κ1) is 20.0. The van der Waals surface area contributed by atoms with Gasteiger partial charge in [-0.05, 0) is 54.7 Å². The van der Waals surface area contributed by atoms with Crippen LogP contribution in [-0.4, -0.2) is 24.3 Å². The topological polar surface area (TPSA) is 72.5 Å². The first-order chi connectivity index (χ1) is 13.4. The number of ketones is 1. The Morgan fingerprint density at radius 2 is 1.82 bits per heavy atom. The Balaban J connectivity index is 1.42. The fraction of sp³-hybridized carbons (Fsp3) is 0.286. The molecule has 0 heterocycles. The van der Waals surface area contributed by atoms with Crippen molar-refractivity contribution in [2.45, 2.75) is 32.1 Å². The maximum atomic E-state index is 13.1. The Bertz CT molecular complexity index is 929. The lowest BCUT2D eigenvalue weighted by Gasteiger charge is -2.07. The van der Waals surface area contributed by atoms with E-state index in [0.717, 1.165) is 25.3 Å². The molecule has 3 rings (SSSR count). The summed E-state index contributed by atoms with van der Waals surface area (Å²) in [5, 5.41) is 2.32. The standard InChI is InChI=1S/C21H19ClFNO4/c22-17-11-16(6-7-18(17)23)24-20(26)12-28-21(27)9-8-19(25)15-5-4-13-2-1-3-14(13)10-15/h4-7,10-11H,1-3,8-9,12H2,(H,24,26). The number of amides is 1. The third-order valence-electron chi connectivity index (χ3n) is 4.54. The van der Waals surface area contributed by atoms with Crippen LogP contribution in [0.1, 0.15) is 40.7 Å². The molecule has 0 saturated heterocycles. The quantitative estimate of drug-likeness (QED) is 0.557. The van der Waals surface area contributed by atoms with Gasteiger partial charge >= 0.3 is 5.97 Å². The number of aryl methyl sites for hydroxylation is 2. The van der Waals surface area contributed by atoms with Crippen molar-refractivity contribution in [1.82, 2.24) is 0 Å². The molecule has 2 aromatic carbocycles. The summed E-state index contributed by atoms with van der Waals surface area (Å²) >= 11 is 5.63. The number of hydrogen-bond donors (Lipinski definition) is 1. The Morgan fingerprint density at radius 1 is 1.04 bits per heavy atom. The Labute approximate surface area is 166 Å². The lowest BCUT2D eigenvalue weighted by molar-refractivity contribution is -0.147. The summed E-state index contributed by atoms with van der Waals surface area (Å²) in [5.41, 5.74) is 3.37. The Hall–Kier alpha value is -2.73. The summed E-state index contributed by atoms with van der Waals surface area (Å²) in [4.78, 5) is 35.8. The molecule has 0 radical (unpaired) electrons. The normalized spacial score (nSPS) is 12.4. The molecule has 1 N–H and O–H groups in total. The number of benzene rings is 2. The summed E-state index contributed by atoms with van der Waals surface area (Å²) < 4.78 is 18.0. The van der Waals surface area contributed by atoms with Gasteiger partial charge in [0.15, 0.2) is 12.4 Å². The molecule has 5 nitrogen and oxygen atoms in total. The largest absolute Gasteiger partial charge is 0.456 e. The van der Waals surface area contributed by atoms with Gasteiger partial charge in [-0.25, -0.2) is 4.39 Å². The van der Waals surface area contributed by atoms with Crippen LogP contribution in [0.4, 0.5) is 10.1 Å². The summed E-state index contributed by atoms with van der Waals surface area (Å²) in [6.45, 7) is -0.499.